The molecular formula is C24H21FN4O2. The lowest BCUT2D eigenvalue weighted by Gasteiger charge is -2.10. The van der Waals surface area contributed by atoms with Crippen LogP contribution in [-0.2, 0) is 13.0 Å². The molecule has 0 aliphatic rings. The number of hydrogen-bond acceptors (Lipinski definition) is 4. The fourth-order valence-electron chi connectivity index (χ4n) is 3.24. The first-order valence-corrected chi connectivity index (χ1v) is 9.91. The first-order chi connectivity index (χ1) is 15.1. The first kappa shape index (κ1) is 20.3. The van der Waals surface area contributed by atoms with Crippen LogP contribution in [0, 0.1) is 5.82 Å². The van der Waals surface area contributed by atoms with E-state index in [0.29, 0.717) is 29.2 Å². The number of carbonyl (C=O) groups is 1. The zero-order valence-corrected chi connectivity index (χ0v) is 17.0. The van der Waals surface area contributed by atoms with Crippen molar-refractivity contribution in [3.8, 4) is 11.6 Å². The Morgan fingerprint density at radius 2 is 1.97 bits per heavy atom. The van der Waals surface area contributed by atoms with E-state index >= 15 is 0 Å². The molecule has 2 heterocycles. The van der Waals surface area contributed by atoms with Gasteiger partial charge in [-0.05, 0) is 48.4 Å². The minimum Gasteiger partial charge on any atom is -0.489 e. The molecule has 0 unspecified atom stereocenters. The molecule has 0 aliphatic carbocycles. The lowest BCUT2D eigenvalue weighted by molar-refractivity contribution is 0.102. The standard InChI is InChI=1S/C24H21FN4O2/c1-2-22-21(15-27-29(22)23-11-3-4-12-26-23)24(30)28-19-9-5-7-17(13-19)16-31-20-10-6-8-18(25)14-20/h3-15H,2,16H2,1H3,(H,28,30). The van der Waals surface area contributed by atoms with Gasteiger partial charge in [0.05, 0.1) is 17.5 Å². The number of benzene rings is 2. The van der Waals surface area contributed by atoms with E-state index in [1.807, 2.05) is 43.3 Å². The molecule has 0 atom stereocenters. The quantitative estimate of drug-likeness (QED) is 0.470. The van der Waals surface area contributed by atoms with Gasteiger partial charge in [0.2, 0.25) is 0 Å². The van der Waals surface area contributed by atoms with Crippen LogP contribution in [0.3, 0.4) is 0 Å². The minimum atomic E-state index is -0.350. The molecule has 0 saturated heterocycles. The highest BCUT2D eigenvalue weighted by molar-refractivity contribution is 6.05. The Labute approximate surface area is 179 Å². The zero-order valence-electron chi connectivity index (χ0n) is 17.0. The molecule has 2 aromatic carbocycles. The van der Waals surface area contributed by atoms with Crippen molar-refractivity contribution < 1.29 is 13.9 Å². The Hall–Kier alpha value is -4.00. The number of hydrogen-bond donors (Lipinski definition) is 1. The van der Waals surface area contributed by atoms with Crippen LogP contribution in [0.5, 0.6) is 5.75 Å². The summed E-state index contributed by atoms with van der Waals surface area (Å²) in [7, 11) is 0. The van der Waals surface area contributed by atoms with Crippen molar-refractivity contribution in [2.24, 2.45) is 0 Å². The van der Waals surface area contributed by atoms with E-state index in [1.54, 1.807) is 35.3 Å². The van der Waals surface area contributed by atoms with E-state index in [1.165, 1.54) is 12.1 Å². The second-order valence-corrected chi connectivity index (χ2v) is 6.86. The first-order valence-electron chi connectivity index (χ1n) is 9.91. The molecule has 156 valence electrons. The number of carbonyl (C=O) groups excluding carboxylic acids is 1. The van der Waals surface area contributed by atoms with Gasteiger partial charge in [-0.2, -0.15) is 5.10 Å². The number of nitrogens with one attached hydrogen (secondary N) is 1. The summed E-state index contributed by atoms with van der Waals surface area (Å²) in [5, 5.41) is 7.27. The molecular weight excluding hydrogens is 395 g/mol. The number of nitrogens with zero attached hydrogens (tertiary/aromatic N) is 3. The van der Waals surface area contributed by atoms with Gasteiger partial charge in [-0.3, -0.25) is 4.79 Å². The van der Waals surface area contributed by atoms with Crippen molar-refractivity contribution in [1.29, 1.82) is 0 Å². The van der Waals surface area contributed by atoms with E-state index in [4.69, 9.17) is 4.74 Å². The summed E-state index contributed by atoms with van der Waals surface area (Å²) in [5.74, 6) is 0.512. The van der Waals surface area contributed by atoms with Crippen LogP contribution in [0.4, 0.5) is 10.1 Å². The van der Waals surface area contributed by atoms with E-state index in [9.17, 15) is 9.18 Å². The number of aromatic nitrogens is 3. The molecule has 0 saturated carbocycles. The molecule has 6 nitrogen and oxygen atoms in total. The average Bonchev–Trinajstić information content (AvgIpc) is 3.23. The summed E-state index contributed by atoms with van der Waals surface area (Å²) >= 11 is 0. The number of pyridine rings is 1. The fraction of sp³-hybridized carbons (Fsp3) is 0.125. The molecule has 31 heavy (non-hydrogen) atoms. The molecule has 1 N–H and O–H groups in total. The third-order valence-electron chi connectivity index (χ3n) is 4.70. The molecule has 4 aromatic rings. The average molecular weight is 416 g/mol. The normalized spacial score (nSPS) is 10.6. The van der Waals surface area contributed by atoms with Crippen molar-refractivity contribution in [3.05, 3.63) is 102 Å². The maximum Gasteiger partial charge on any atom is 0.259 e. The highest BCUT2D eigenvalue weighted by Crippen LogP contribution is 2.19. The zero-order chi connectivity index (χ0) is 21.6. The van der Waals surface area contributed by atoms with Crippen LogP contribution >= 0.6 is 0 Å². The number of anilines is 1. The Kier molecular flexibility index (Phi) is 6.03. The van der Waals surface area contributed by atoms with Crippen LogP contribution < -0.4 is 10.1 Å². The second-order valence-electron chi connectivity index (χ2n) is 6.86. The van der Waals surface area contributed by atoms with Crippen molar-refractivity contribution in [2.75, 3.05) is 5.32 Å². The van der Waals surface area contributed by atoms with E-state index in [2.05, 4.69) is 15.4 Å². The number of ether oxygens (including phenoxy) is 1. The van der Waals surface area contributed by atoms with Gasteiger partial charge >= 0.3 is 0 Å². The van der Waals surface area contributed by atoms with E-state index < -0.39 is 0 Å². The van der Waals surface area contributed by atoms with E-state index in [0.717, 1.165) is 11.3 Å². The maximum atomic E-state index is 13.3. The molecule has 2 aromatic heterocycles. The van der Waals surface area contributed by atoms with Gasteiger partial charge in [-0.25, -0.2) is 14.1 Å². The summed E-state index contributed by atoms with van der Waals surface area (Å²) in [6, 6.07) is 18.9. The Morgan fingerprint density at radius 1 is 1.10 bits per heavy atom. The monoisotopic (exact) mass is 416 g/mol. The Morgan fingerprint density at radius 3 is 2.74 bits per heavy atom. The second kappa shape index (κ2) is 9.21. The van der Waals surface area contributed by atoms with E-state index in [-0.39, 0.29) is 18.3 Å². The SMILES string of the molecule is CCc1c(C(=O)Nc2cccc(COc3cccc(F)c3)c2)cnn1-c1ccccn1. The summed E-state index contributed by atoms with van der Waals surface area (Å²) in [6.07, 6.45) is 3.87. The van der Waals surface area contributed by atoms with Gasteiger partial charge in [0, 0.05) is 18.0 Å². The third-order valence-corrected chi connectivity index (χ3v) is 4.70. The molecule has 0 spiro atoms. The van der Waals surface area contributed by atoms with Gasteiger partial charge in [-0.1, -0.05) is 31.2 Å². The van der Waals surface area contributed by atoms with Crippen LogP contribution in [-0.4, -0.2) is 20.7 Å². The molecule has 0 aliphatic heterocycles. The van der Waals surface area contributed by atoms with Crippen LogP contribution in [0.25, 0.3) is 5.82 Å². The molecule has 1 amide bonds. The molecule has 4 rings (SSSR count). The Balaban J connectivity index is 1.48. The van der Waals surface area contributed by atoms with Crippen LogP contribution in [0.1, 0.15) is 28.5 Å². The number of halogens is 1. The predicted octanol–water partition coefficient (Wildman–Crippen LogP) is 4.80. The largest absolute Gasteiger partial charge is 0.489 e. The van der Waals surface area contributed by atoms with Crippen molar-refractivity contribution in [3.63, 3.8) is 0 Å². The van der Waals surface area contributed by atoms with Gasteiger partial charge < -0.3 is 10.1 Å². The molecule has 7 heteroatoms. The van der Waals surface area contributed by atoms with Crippen molar-refractivity contribution >= 4 is 11.6 Å². The summed E-state index contributed by atoms with van der Waals surface area (Å²) < 4.78 is 20.6. The minimum absolute atomic E-state index is 0.248. The maximum absolute atomic E-state index is 13.3. The van der Waals surface area contributed by atoms with Crippen molar-refractivity contribution in [2.45, 2.75) is 20.0 Å². The molecule has 0 fully saturated rings. The van der Waals surface area contributed by atoms with Gasteiger partial charge in [-0.15, -0.1) is 0 Å². The number of rotatable bonds is 7. The van der Waals surface area contributed by atoms with Crippen LogP contribution in [0.15, 0.2) is 79.1 Å². The lowest BCUT2D eigenvalue weighted by atomic mass is 10.1. The van der Waals surface area contributed by atoms with Gasteiger partial charge in [0.1, 0.15) is 18.2 Å². The summed E-state index contributed by atoms with van der Waals surface area (Å²) in [5.41, 5.74) is 2.76. The third kappa shape index (κ3) is 4.78. The van der Waals surface area contributed by atoms with Gasteiger partial charge in [0.25, 0.3) is 5.91 Å². The highest BCUT2D eigenvalue weighted by atomic mass is 19.1. The summed E-state index contributed by atoms with van der Waals surface area (Å²) in [6.45, 7) is 2.22. The summed E-state index contributed by atoms with van der Waals surface area (Å²) in [4.78, 5) is 17.2. The predicted molar refractivity (Wildman–Crippen MR) is 116 cm³/mol. The lowest BCUT2D eigenvalue weighted by Crippen LogP contribution is -2.14. The Bertz CT molecular complexity index is 1190. The molecule has 0 radical (unpaired) electrons. The fourth-order valence-corrected chi connectivity index (χ4v) is 3.24. The molecule has 0 bridgehead atoms. The van der Waals surface area contributed by atoms with Crippen LogP contribution in [0.2, 0.25) is 0 Å². The van der Waals surface area contributed by atoms with Crippen molar-refractivity contribution in [1.82, 2.24) is 14.8 Å². The highest BCUT2D eigenvalue weighted by Gasteiger charge is 2.18. The van der Waals surface area contributed by atoms with Gasteiger partial charge in [0.15, 0.2) is 5.82 Å². The topological polar surface area (TPSA) is 69.0 Å². The smallest absolute Gasteiger partial charge is 0.259 e. The number of amides is 1.